The highest BCUT2D eigenvalue weighted by Crippen LogP contribution is 2.40. The molecular weight excluding hydrogens is 374 g/mol. The number of pyridine rings is 2. The average molecular weight is 397 g/mol. The lowest BCUT2D eigenvalue weighted by Gasteiger charge is -2.10. The third-order valence-electron chi connectivity index (χ3n) is 5.71. The summed E-state index contributed by atoms with van der Waals surface area (Å²) in [5.41, 5.74) is 5.79. The fourth-order valence-electron chi connectivity index (χ4n) is 3.93. The van der Waals surface area contributed by atoms with Crippen LogP contribution in [0.4, 0.5) is 0 Å². The molecule has 30 heavy (non-hydrogen) atoms. The molecule has 0 unspecified atom stereocenters. The van der Waals surface area contributed by atoms with Gasteiger partial charge in [-0.25, -0.2) is 4.79 Å². The maximum Gasteiger partial charge on any atom is 0.339 e. The molecule has 1 aliphatic carbocycles. The summed E-state index contributed by atoms with van der Waals surface area (Å²) in [6.45, 7) is 0.736. The van der Waals surface area contributed by atoms with Gasteiger partial charge in [0.25, 0.3) is 0 Å². The first kappa shape index (κ1) is 18.6. The Morgan fingerprint density at radius 1 is 1.13 bits per heavy atom. The Morgan fingerprint density at radius 3 is 2.80 bits per heavy atom. The van der Waals surface area contributed by atoms with Crippen LogP contribution in [0.15, 0.2) is 67.1 Å². The molecule has 5 rings (SSSR count). The van der Waals surface area contributed by atoms with Crippen LogP contribution in [0.5, 0.6) is 0 Å². The van der Waals surface area contributed by atoms with Gasteiger partial charge in [0.05, 0.1) is 30.6 Å². The maximum absolute atomic E-state index is 12.3. The standard InChI is InChI=1S/C25H23N3O2/c1-30-25(29)22-14-20(18-6-7-18)15-27-23(22)13-17-5-8-24-19(12-17)9-11-28(24)16-21-4-2-3-10-26-21/h2-5,8-12,14-15,18H,6-7,13,16H2,1H3. The number of aromatic nitrogens is 3. The first-order valence-electron chi connectivity index (χ1n) is 10.3. The topological polar surface area (TPSA) is 57.0 Å². The molecule has 0 spiro atoms. The number of benzene rings is 1. The molecule has 5 heteroatoms. The van der Waals surface area contributed by atoms with Crippen molar-refractivity contribution in [2.45, 2.75) is 31.7 Å². The van der Waals surface area contributed by atoms with Crippen molar-refractivity contribution in [3.05, 3.63) is 95.2 Å². The van der Waals surface area contributed by atoms with E-state index in [0.29, 0.717) is 17.9 Å². The van der Waals surface area contributed by atoms with Crippen molar-refractivity contribution in [1.29, 1.82) is 0 Å². The van der Waals surface area contributed by atoms with E-state index >= 15 is 0 Å². The lowest BCUT2D eigenvalue weighted by atomic mass is 10.0. The number of ether oxygens (including phenoxy) is 1. The second-order valence-corrected chi connectivity index (χ2v) is 7.86. The van der Waals surface area contributed by atoms with Gasteiger partial charge in [-0.2, -0.15) is 0 Å². The Hall–Kier alpha value is -3.47. The van der Waals surface area contributed by atoms with Gasteiger partial charge in [-0.05, 0) is 71.7 Å². The van der Waals surface area contributed by atoms with E-state index in [1.54, 1.807) is 0 Å². The number of methoxy groups -OCH3 is 1. The zero-order valence-electron chi connectivity index (χ0n) is 16.9. The molecule has 1 fully saturated rings. The van der Waals surface area contributed by atoms with Crippen LogP contribution in [-0.4, -0.2) is 27.6 Å². The van der Waals surface area contributed by atoms with Gasteiger partial charge in [-0.1, -0.05) is 12.1 Å². The van der Waals surface area contributed by atoms with Gasteiger partial charge in [0.2, 0.25) is 0 Å². The Labute approximate surface area is 175 Å². The highest BCUT2D eigenvalue weighted by Gasteiger charge is 2.26. The molecule has 0 atom stereocenters. The third-order valence-corrected chi connectivity index (χ3v) is 5.71. The van der Waals surface area contributed by atoms with Crippen LogP contribution in [0.2, 0.25) is 0 Å². The normalized spacial score (nSPS) is 13.5. The van der Waals surface area contributed by atoms with Crippen molar-refractivity contribution in [3.63, 3.8) is 0 Å². The summed E-state index contributed by atoms with van der Waals surface area (Å²) in [5.74, 6) is 0.229. The zero-order chi connectivity index (χ0) is 20.5. The average Bonchev–Trinajstić information content (AvgIpc) is 3.56. The van der Waals surface area contributed by atoms with Crippen LogP contribution in [0.3, 0.4) is 0 Å². The number of hydrogen-bond acceptors (Lipinski definition) is 4. The minimum atomic E-state index is -0.317. The lowest BCUT2D eigenvalue weighted by Crippen LogP contribution is -2.09. The SMILES string of the molecule is COC(=O)c1cc(C2CC2)cnc1Cc1ccc2c(ccn2Cc2ccccn2)c1. The molecule has 3 heterocycles. The molecule has 0 N–H and O–H groups in total. The molecular formula is C25H23N3O2. The van der Waals surface area contributed by atoms with Crippen LogP contribution in [-0.2, 0) is 17.7 Å². The van der Waals surface area contributed by atoms with Crippen molar-refractivity contribution in [1.82, 2.24) is 14.5 Å². The predicted octanol–water partition coefficient (Wildman–Crippen LogP) is 4.73. The van der Waals surface area contributed by atoms with E-state index in [1.165, 1.54) is 20.0 Å². The number of rotatable bonds is 6. The molecule has 1 saturated carbocycles. The van der Waals surface area contributed by atoms with E-state index in [0.717, 1.165) is 40.0 Å². The Balaban J connectivity index is 1.42. The van der Waals surface area contributed by atoms with Gasteiger partial charge < -0.3 is 9.30 Å². The monoisotopic (exact) mass is 397 g/mol. The van der Waals surface area contributed by atoms with Gasteiger partial charge in [0.15, 0.2) is 0 Å². The summed E-state index contributed by atoms with van der Waals surface area (Å²) in [6, 6.07) is 16.5. The zero-order valence-corrected chi connectivity index (χ0v) is 16.9. The molecule has 0 aliphatic heterocycles. The predicted molar refractivity (Wildman–Crippen MR) is 116 cm³/mol. The summed E-state index contributed by atoms with van der Waals surface area (Å²) in [6.07, 6.45) is 8.77. The Bertz CT molecular complexity index is 1210. The summed E-state index contributed by atoms with van der Waals surface area (Å²) < 4.78 is 7.21. The van der Waals surface area contributed by atoms with E-state index in [2.05, 4.69) is 45.0 Å². The number of esters is 1. The number of nitrogens with zero attached hydrogens (tertiary/aromatic N) is 3. The molecule has 0 saturated heterocycles. The molecule has 3 aromatic heterocycles. The summed E-state index contributed by atoms with van der Waals surface area (Å²) >= 11 is 0. The molecule has 1 aromatic carbocycles. The first-order chi connectivity index (χ1) is 14.7. The molecule has 4 aromatic rings. The maximum atomic E-state index is 12.3. The Kier molecular flexibility index (Phi) is 4.79. The van der Waals surface area contributed by atoms with Gasteiger partial charge in [0, 0.05) is 30.5 Å². The fraction of sp³-hybridized carbons (Fsp3) is 0.240. The molecule has 1 aliphatic rings. The molecule has 150 valence electrons. The summed E-state index contributed by atoms with van der Waals surface area (Å²) in [4.78, 5) is 21.4. The van der Waals surface area contributed by atoms with E-state index in [-0.39, 0.29) is 5.97 Å². The van der Waals surface area contributed by atoms with Crippen LogP contribution in [0.25, 0.3) is 10.9 Å². The van der Waals surface area contributed by atoms with E-state index in [1.807, 2.05) is 36.7 Å². The van der Waals surface area contributed by atoms with E-state index in [9.17, 15) is 4.79 Å². The fourth-order valence-corrected chi connectivity index (χ4v) is 3.93. The van der Waals surface area contributed by atoms with Crippen molar-refractivity contribution in [2.75, 3.05) is 7.11 Å². The number of hydrogen-bond donors (Lipinski definition) is 0. The first-order valence-corrected chi connectivity index (χ1v) is 10.3. The van der Waals surface area contributed by atoms with Crippen molar-refractivity contribution < 1.29 is 9.53 Å². The Morgan fingerprint density at radius 2 is 2.03 bits per heavy atom. The number of carbonyl (C=O) groups excluding carboxylic acids is 1. The quantitative estimate of drug-likeness (QED) is 0.441. The van der Waals surface area contributed by atoms with Crippen molar-refractivity contribution in [2.24, 2.45) is 0 Å². The molecule has 5 nitrogen and oxygen atoms in total. The largest absolute Gasteiger partial charge is 0.465 e. The highest BCUT2D eigenvalue weighted by atomic mass is 16.5. The molecule has 0 bridgehead atoms. The number of fused-ring (bicyclic) bond motifs is 1. The van der Waals surface area contributed by atoms with Gasteiger partial charge in [0.1, 0.15) is 0 Å². The van der Waals surface area contributed by atoms with E-state index < -0.39 is 0 Å². The van der Waals surface area contributed by atoms with E-state index in [4.69, 9.17) is 4.74 Å². The molecule has 0 amide bonds. The third kappa shape index (κ3) is 3.71. The van der Waals surface area contributed by atoms with Crippen LogP contribution in [0.1, 0.15) is 51.6 Å². The lowest BCUT2D eigenvalue weighted by molar-refractivity contribution is 0.0599. The highest BCUT2D eigenvalue weighted by molar-refractivity contribution is 5.91. The van der Waals surface area contributed by atoms with Crippen molar-refractivity contribution in [3.8, 4) is 0 Å². The molecule has 0 radical (unpaired) electrons. The second kappa shape index (κ2) is 7.75. The van der Waals surface area contributed by atoms with Crippen LogP contribution >= 0.6 is 0 Å². The minimum Gasteiger partial charge on any atom is -0.465 e. The summed E-state index contributed by atoms with van der Waals surface area (Å²) in [5, 5.41) is 1.16. The van der Waals surface area contributed by atoms with Gasteiger partial charge in [-0.15, -0.1) is 0 Å². The summed E-state index contributed by atoms with van der Waals surface area (Å²) in [7, 11) is 1.42. The minimum absolute atomic E-state index is 0.317. The number of carbonyl (C=O) groups is 1. The second-order valence-electron chi connectivity index (χ2n) is 7.86. The van der Waals surface area contributed by atoms with Crippen LogP contribution < -0.4 is 0 Å². The van der Waals surface area contributed by atoms with Crippen molar-refractivity contribution >= 4 is 16.9 Å². The van der Waals surface area contributed by atoms with Crippen LogP contribution in [0, 0.1) is 0 Å². The smallest absolute Gasteiger partial charge is 0.339 e. The van der Waals surface area contributed by atoms with Gasteiger partial charge in [-0.3, -0.25) is 9.97 Å². The van der Waals surface area contributed by atoms with Gasteiger partial charge >= 0.3 is 5.97 Å².